The smallest absolute Gasteiger partial charge is 0.312 e. The van der Waals surface area contributed by atoms with E-state index in [9.17, 15) is 10.1 Å². The van der Waals surface area contributed by atoms with E-state index in [1.54, 1.807) is 0 Å². The van der Waals surface area contributed by atoms with Gasteiger partial charge in [-0.3, -0.25) is 10.1 Å². The molecule has 1 N–H and O–H groups in total. The number of hydrogen-bond acceptors (Lipinski definition) is 6. The van der Waals surface area contributed by atoms with Crippen LogP contribution in [0.25, 0.3) is 0 Å². The van der Waals surface area contributed by atoms with Crippen LogP contribution in [0.5, 0.6) is 0 Å². The Balaban J connectivity index is 2.77. The zero-order valence-electron chi connectivity index (χ0n) is 10.9. The standard InChI is InChI=1S/C12H16N4O2S/c1-3-19-5-4-9(2)15-12-11(16(17)18)6-10(7-13)8-14-12/h6,8-9H,3-5H2,1-2H3,(H,14,15). The molecule has 0 aliphatic heterocycles. The summed E-state index contributed by atoms with van der Waals surface area (Å²) in [5.41, 5.74) is 0.0282. The Morgan fingerprint density at radius 3 is 3.00 bits per heavy atom. The zero-order chi connectivity index (χ0) is 14.3. The third-order valence-electron chi connectivity index (χ3n) is 2.48. The molecule has 0 bridgehead atoms. The van der Waals surface area contributed by atoms with Gasteiger partial charge in [0.2, 0.25) is 5.82 Å². The number of aromatic nitrogens is 1. The van der Waals surface area contributed by atoms with Crippen LogP contribution in [0.3, 0.4) is 0 Å². The highest BCUT2D eigenvalue weighted by Gasteiger charge is 2.17. The van der Waals surface area contributed by atoms with Gasteiger partial charge in [0, 0.05) is 18.3 Å². The van der Waals surface area contributed by atoms with Crippen LogP contribution in [-0.4, -0.2) is 27.5 Å². The van der Waals surface area contributed by atoms with Gasteiger partial charge in [0.15, 0.2) is 0 Å². The molecule has 1 rings (SSSR count). The molecule has 0 saturated carbocycles. The Kier molecular flexibility index (Phi) is 6.09. The number of pyridine rings is 1. The highest BCUT2D eigenvalue weighted by Crippen LogP contribution is 2.23. The van der Waals surface area contributed by atoms with Gasteiger partial charge in [0.05, 0.1) is 10.5 Å². The van der Waals surface area contributed by atoms with Gasteiger partial charge < -0.3 is 5.32 Å². The summed E-state index contributed by atoms with van der Waals surface area (Å²) in [7, 11) is 0. The minimum Gasteiger partial charge on any atom is -0.362 e. The summed E-state index contributed by atoms with van der Waals surface area (Å²) in [5.74, 6) is 2.27. The van der Waals surface area contributed by atoms with Crippen molar-refractivity contribution in [1.29, 1.82) is 5.26 Å². The first-order chi connectivity index (χ1) is 9.08. The fourth-order valence-corrected chi connectivity index (χ4v) is 2.28. The first-order valence-corrected chi connectivity index (χ1v) is 7.12. The van der Waals surface area contributed by atoms with Crippen LogP contribution in [0.2, 0.25) is 0 Å². The molecule has 1 aromatic heterocycles. The SMILES string of the molecule is CCSCCC(C)Nc1ncc(C#N)cc1[N+](=O)[O-]. The van der Waals surface area contributed by atoms with Crippen LogP contribution in [0.4, 0.5) is 11.5 Å². The predicted octanol–water partition coefficient (Wildman–Crippen LogP) is 2.81. The molecule has 0 aliphatic rings. The van der Waals surface area contributed by atoms with Crippen molar-refractivity contribution < 1.29 is 4.92 Å². The van der Waals surface area contributed by atoms with E-state index in [4.69, 9.17) is 5.26 Å². The summed E-state index contributed by atoms with van der Waals surface area (Å²) in [5, 5.41) is 22.7. The molecule has 0 radical (unpaired) electrons. The average molecular weight is 280 g/mol. The number of hydrogen-bond donors (Lipinski definition) is 1. The first kappa shape index (κ1) is 15.2. The van der Waals surface area contributed by atoms with Crippen LogP contribution >= 0.6 is 11.8 Å². The fraction of sp³-hybridized carbons (Fsp3) is 0.500. The second-order valence-corrected chi connectivity index (χ2v) is 5.39. The van der Waals surface area contributed by atoms with Crippen molar-refractivity contribution in [3.05, 3.63) is 27.9 Å². The van der Waals surface area contributed by atoms with Crippen molar-refractivity contribution in [2.24, 2.45) is 0 Å². The third kappa shape index (κ3) is 4.75. The molecule has 7 heteroatoms. The predicted molar refractivity (Wildman–Crippen MR) is 76.3 cm³/mol. The molecule has 6 nitrogen and oxygen atoms in total. The van der Waals surface area contributed by atoms with Gasteiger partial charge in [-0.05, 0) is 24.9 Å². The quantitative estimate of drug-likeness (QED) is 0.469. The summed E-state index contributed by atoms with van der Waals surface area (Å²) < 4.78 is 0. The Bertz CT molecular complexity index is 487. The number of nitriles is 1. The van der Waals surface area contributed by atoms with Gasteiger partial charge in [-0.1, -0.05) is 6.92 Å². The van der Waals surface area contributed by atoms with Gasteiger partial charge in [-0.2, -0.15) is 17.0 Å². The third-order valence-corrected chi connectivity index (χ3v) is 3.41. The van der Waals surface area contributed by atoms with E-state index in [1.165, 1.54) is 12.3 Å². The van der Waals surface area contributed by atoms with E-state index in [1.807, 2.05) is 24.8 Å². The van der Waals surface area contributed by atoms with Crippen molar-refractivity contribution in [3.8, 4) is 6.07 Å². The van der Waals surface area contributed by atoms with E-state index in [2.05, 4.69) is 17.2 Å². The lowest BCUT2D eigenvalue weighted by Crippen LogP contribution is -2.18. The van der Waals surface area contributed by atoms with Gasteiger partial charge in [-0.25, -0.2) is 4.98 Å². The Morgan fingerprint density at radius 2 is 2.42 bits per heavy atom. The van der Waals surface area contributed by atoms with Crippen LogP contribution in [-0.2, 0) is 0 Å². The molecule has 0 fully saturated rings. The van der Waals surface area contributed by atoms with E-state index < -0.39 is 4.92 Å². The van der Waals surface area contributed by atoms with Crippen LogP contribution in [0.1, 0.15) is 25.8 Å². The van der Waals surface area contributed by atoms with E-state index in [0.717, 1.165) is 17.9 Å². The minimum atomic E-state index is -0.524. The van der Waals surface area contributed by atoms with Gasteiger partial charge in [-0.15, -0.1) is 0 Å². The van der Waals surface area contributed by atoms with Gasteiger partial charge >= 0.3 is 5.69 Å². The highest BCUT2D eigenvalue weighted by molar-refractivity contribution is 7.99. The molecule has 0 saturated heterocycles. The maximum Gasteiger partial charge on any atom is 0.312 e. The van der Waals surface area contributed by atoms with Crippen molar-refractivity contribution >= 4 is 23.3 Å². The second kappa shape index (κ2) is 7.59. The topological polar surface area (TPSA) is 91.8 Å². The van der Waals surface area contributed by atoms with E-state index in [0.29, 0.717) is 0 Å². The fourth-order valence-electron chi connectivity index (χ4n) is 1.47. The zero-order valence-corrected chi connectivity index (χ0v) is 11.7. The maximum absolute atomic E-state index is 10.9. The average Bonchev–Trinajstić information content (AvgIpc) is 2.39. The lowest BCUT2D eigenvalue weighted by molar-refractivity contribution is -0.384. The van der Waals surface area contributed by atoms with E-state index in [-0.39, 0.29) is 23.1 Å². The van der Waals surface area contributed by atoms with Crippen molar-refractivity contribution in [2.75, 3.05) is 16.8 Å². The second-order valence-electron chi connectivity index (χ2n) is 3.99. The number of rotatable bonds is 7. The summed E-state index contributed by atoms with van der Waals surface area (Å²) in [6.07, 6.45) is 2.24. The number of anilines is 1. The maximum atomic E-state index is 10.9. The Morgan fingerprint density at radius 1 is 1.68 bits per heavy atom. The first-order valence-electron chi connectivity index (χ1n) is 5.97. The minimum absolute atomic E-state index is 0.0955. The molecule has 1 aromatic rings. The van der Waals surface area contributed by atoms with E-state index >= 15 is 0 Å². The molecular weight excluding hydrogens is 264 g/mol. The molecule has 0 aliphatic carbocycles. The summed E-state index contributed by atoms with van der Waals surface area (Å²) in [6, 6.07) is 3.18. The van der Waals surface area contributed by atoms with Crippen molar-refractivity contribution in [3.63, 3.8) is 0 Å². The molecular formula is C12H16N4O2S. The van der Waals surface area contributed by atoms with Crippen LogP contribution < -0.4 is 5.32 Å². The van der Waals surface area contributed by atoms with Crippen LogP contribution in [0, 0.1) is 21.4 Å². The number of nitrogens with zero attached hydrogens (tertiary/aromatic N) is 3. The summed E-state index contributed by atoms with van der Waals surface area (Å²) in [6.45, 7) is 4.05. The van der Waals surface area contributed by atoms with Crippen molar-refractivity contribution in [2.45, 2.75) is 26.3 Å². The molecule has 0 aromatic carbocycles. The number of nitro groups is 1. The number of thioether (sulfide) groups is 1. The monoisotopic (exact) mass is 280 g/mol. The lowest BCUT2D eigenvalue weighted by atomic mass is 10.2. The Hall–Kier alpha value is -1.81. The molecule has 1 atom stereocenters. The molecule has 1 unspecified atom stereocenters. The van der Waals surface area contributed by atoms with Crippen molar-refractivity contribution in [1.82, 2.24) is 4.98 Å². The van der Waals surface area contributed by atoms with Gasteiger partial charge in [0.1, 0.15) is 6.07 Å². The van der Waals surface area contributed by atoms with Gasteiger partial charge in [0.25, 0.3) is 0 Å². The Labute approximate surface area is 116 Å². The molecule has 0 amide bonds. The highest BCUT2D eigenvalue weighted by atomic mass is 32.2. The molecule has 0 spiro atoms. The van der Waals surface area contributed by atoms with Crippen LogP contribution in [0.15, 0.2) is 12.3 Å². The molecule has 1 heterocycles. The summed E-state index contributed by atoms with van der Waals surface area (Å²) in [4.78, 5) is 14.4. The lowest BCUT2D eigenvalue weighted by Gasteiger charge is -2.13. The largest absolute Gasteiger partial charge is 0.362 e. The molecule has 19 heavy (non-hydrogen) atoms. The molecule has 102 valence electrons. The summed E-state index contributed by atoms with van der Waals surface area (Å²) >= 11 is 1.83. The normalized spacial score (nSPS) is 11.6. The number of nitrogens with one attached hydrogen (secondary N) is 1.